The maximum Gasteiger partial charge on any atom is 0.240 e. The van der Waals surface area contributed by atoms with E-state index in [1.54, 1.807) is 13.8 Å². The minimum Gasteiger partial charge on any atom is -0.325 e. The van der Waals surface area contributed by atoms with Gasteiger partial charge in [-0.3, -0.25) is 4.79 Å². The van der Waals surface area contributed by atoms with Gasteiger partial charge in [-0.05, 0) is 38.1 Å². The number of anilines is 1. The predicted octanol–water partition coefficient (Wildman–Crippen LogP) is 2.94. The molecule has 1 rings (SSSR count). The van der Waals surface area contributed by atoms with Crippen LogP contribution in [0.25, 0.3) is 0 Å². The average Bonchev–Trinajstić information content (AvgIpc) is 2.07. The zero-order valence-electron chi connectivity index (χ0n) is 7.97. The highest BCUT2D eigenvalue weighted by molar-refractivity contribution is 9.10. The van der Waals surface area contributed by atoms with Crippen LogP contribution in [0, 0.1) is 5.82 Å². The van der Waals surface area contributed by atoms with Gasteiger partial charge in [0.15, 0.2) is 0 Å². The van der Waals surface area contributed by atoms with E-state index in [1.165, 1.54) is 24.3 Å². The molecule has 14 heavy (non-hydrogen) atoms. The summed E-state index contributed by atoms with van der Waals surface area (Å²) in [6.07, 6.45) is 0. The van der Waals surface area contributed by atoms with Crippen molar-refractivity contribution in [2.45, 2.75) is 18.2 Å². The first-order valence-corrected chi connectivity index (χ1v) is 4.95. The Balaban J connectivity index is 2.71. The molecule has 0 bridgehead atoms. The molecule has 0 atom stereocenters. The summed E-state index contributed by atoms with van der Waals surface area (Å²) in [6, 6.07) is 5.64. The van der Waals surface area contributed by atoms with Gasteiger partial charge in [-0.1, -0.05) is 15.9 Å². The van der Waals surface area contributed by atoms with E-state index in [-0.39, 0.29) is 11.7 Å². The lowest BCUT2D eigenvalue weighted by atomic mass is 10.2. The second kappa shape index (κ2) is 4.09. The fraction of sp³-hybridized carbons (Fsp3) is 0.300. The Morgan fingerprint density at radius 3 is 2.29 bits per heavy atom. The van der Waals surface area contributed by atoms with Crippen LogP contribution >= 0.6 is 15.9 Å². The minimum absolute atomic E-state index is 0.163. The molecule has 0 aliphatic heterocycles. The van der Waals surface area contributed by atoms with Crippen molar-refractivity contribution in [1.29, 1.82) is 0 Å². The number of nitrogens with one attached hydrogen (secondary N) is 1. The van der Waals surface area contributed by atoms with Crippen molar-refractivity contribution in [1.82, 2.24) is 0 Å². The van der Waals surface area contributed by atoms with Crippen LogP contribution in [0.4, 0.5) is 10.1 Å². The lowest BCUT2D eigenvalue weighted by Crippen LogP contribution is -2.30. The molecule has 0 aliphatic rings. The third kappa shape index (κ3) is 3.10. The molecule has 2 nitrogen and oxygen atoms in total. The zero-order valence-corrected chi connectivity index (χ0v) is 9.56. The molecule has 0 aromatic heterocycles. The molecule has 0 spiro atoms. The van der Waals surface area contributed by atoms with E-state index in [2.05, 4.69) is 21.2 Å². The van der Waals surface area contributed by atoms with Crippen molar-refractivity contribution in [3.05, 3.63) is 30.1 Å². The molecule has 0 saturated carbocycles. The molecule has 4 heteroatoms. The Kier molecular flexibility index (Phi) is 3.26. The molecule has 1 amide bonds. The van der Waals surface area contributed by atoms with Gasteiger partial charge >= 0.3 is 0 Å². The quantitative estimate of drug-likeness (QED) is 0.814. The predicted molar refractivity (Wildman–Crippen MR) is 58.0 cm³/mol. The van der Waals surface area contributed by atoms with Crippen LogP contribution < -0.4 is 5.32 Å². The Morgan fingerprint density at radius 1 is 1.36 bits per heavy atom. The van der Waals surface area contributed by atoms with Crippen LogP contribution in [0.15, 0.2) is 24.3 Å². The number of benzene rings is 1. The molecule has 1 aromatic carbocycles. The summed E-state index contributed by atoms with van der Waals surface area (Å²) in [5.74, 6) is -0.481. The van der Waals surface area contributed by atoms with E-state index in [9.17, 15) is 9.18 Å². The first-order valence-electron chi connectivity index (χ1n) is 4.15. The van der Waals surface area contributed by atoms with Gasteiger partial charge in [-0.15, -0.1) is 0 Å². The first kappa shape index (κ1) is 11.2. The lowest BCUT2D eigenvalue weighted by molar-refractivity contribution is -0.117. The summed E-state index contributed by atoms with van der Waals surface area (Å²) in [7, 11) is 0. The van der Waals surface area contributed by atoms with Gasteiger partial charge in [0, 0.05) is 5.69 Å². The van der Waals surface area contributed by atoms with Crippen LogP contribution in [-0.4, -0.2) is 10.2 Å². The zero-order chi connectivity index (χ0) is 10.8. The topological polar surface area (TPSA) is 29.1 Å². The highest BCUT2D eigenvalue weighted by Crippen LogP contribution is 2.18. The Bertz CT molecular complexity index is 329. The van der Waals surface area contributed by atoms with Crippen LogP contribution in [0.2, 0.25) is 0 Å². The Morgan fingerprint density at radius 2 is 1.86 bits per heavy atom. The Hall–Kier alpha value is -0.900. The number of rotatable bonds is 2. The first-order chi connectivity index (χ1) is 6.39. The van der Waals surface area contributed by atoms with E-state index in [1.807, 2.05) is 0 Å². The summed E-state index contributed by atoms with van der Waals surface area (Å²) in [5.41, 5.74) is 0.587. The second-order valence-corrected chi connectivity index (χ2v) is 5.42. The van der Waals surface area contributed by atoms with Gasteiger partial charge < -0.3 is 5.32 Å². The third-order valence-corrected chi connectivity index (χ3v) is 2.00. The molecule has 0 heterocycles. The molecule has 0 fully saturated rings. The normalized spacial score (nSPS) is 11.1. The van der Waals surface area contributed by atoms with Gasteiger partial charge in [0.05, 0.1) is 4.32 Å². The van der Waals surface area contributed by atoms with Crippen molar-refractivity contribution in [2.24, 2.45) is 0 Å². The number of carbonyl (C=O) groups excluding carboxylic acids is 1. The molecular formula is C10H11BrFNO. The molecule has 76 valence electrons. The van der Waals surface area contributed by atoms with Crippen molar-refractivity contribution < 1.29 is 9.18 Å². The average molecular weight is 260 g/mol. The molecule has 1 aromatic rings. The highest BCUT2D eigenvalue weighted by atomic mass is 79.9. The van der Waals surface area contributed by atoms with Gasteiger partial charge in [0.25, 0.3) is 0 Å². The number of hydrogen-bond acceptors (Lipinski definition) is 1. The molecule has 1 N–H and O–H groups in total. The maximum absolute atomic E-state index is 12.5. The molecule has 0 unspecified atom stereocenters. The molecule has 0 aliphatic carbocycles. The summed E-state index contributed by atoms with van der Waals surface area (Å²) >= 11 is 3.23. The van der Waals surface area contributed by atoms with Gasteiger partial charge in [0.1, 0.15) is 5.82 Å². The summed E-state index contributed by atoms with van der Waals surface area (Å²) in [6.45, 7) is 3.48. The van der Waals surface area contributed by atoms with Gasteiger partial charge in [0.2, 0.25) is 5.91 Å². The van der Waals surface area contributed by atoms with E-state index >= 15 is 0 Å². The number of carbonyl (C=O) groups is 1. The largest absolute Gasteiger partial charge is 0.325 e. The molecule has 0 radical (unpaired) electrons. The SMILES string of the molecule is CC(C)(Br)C(=O)Nc1ccc(F)cc1. The smallest absolute Gasteiger partial charge is 0.240 e. The number of halogens is 2. The number of hydrogen-bond donors (Lipinski definition) is 1. The van der Waals surface area contributed by atoms with Crippen LogP contribution in [0.3, 0.4) is 0 Å². The van der Waals surface area contributed by atoms with Crippen LogP contribution in [0.5, 0.6) is 0 Å². The fourth-order valence-corrected chi connectivity index (χ4v) is 0.912. The molecular weight excluding hydrogens is 249 g/mol. The second-order valence-electron chi connectivity index (χ2n) is 3.43. The third-order valence-electron chi connectivity index (χ3n) is 1.64. The van der Waals surface area contributed by atoms with Crippen molar-refractivity contribution >= 4 is 27.5 Å². The van der Waals surface area contributed by atoms with Crippen LogP contribution in [-0.2, 0) is 4.79 Å². The van der Waals surface area contributed by atoms with E-state index in [4.69, 9.17) is 0 Å². The number of amides is 1. The number of alkyl halides is 1. The van der Waals surface area contributed by atoms with E-state index < -0.39 is 4.32 Å². The van der Waals surface area contributed by atoms with E-state index in [0.29, 0.717) is 5.69 Å². The maximum atomic E-state index is 12.5. The Labute approximate surface area is 90.6 Å². The minimum atomic E-state index is -0.624. The fourth-order valence-electron chi connectivity index (χ4n) is 0.813. The van der Waals surface area contributed by atoms with Gasteiger partial charge in [-0.2, -0.15) is 0 Å². The van der Waals surface area contributed by atoms with Gasteiger partial charge in [-0.25, -0.2) is 4.39 Å². The highest BCUT2D eigenvalue weighted by Gasteiger charge is 2.23. The monoisotopic (exact) mass is 259 g/mol. The van der Waals surface area contributed by atoms with Crippen molar-refractivity contribution in [3.8, 4) is 0 Å². The standard InChI is InChI=1S/C10H11BrFNO/c1-10(2,11)9(14)13-8-5-3-7(12)4-6-8/h3-6H,1-2H3,(H,13,14). The van der Waals surface area contributed by atoms with E-state index in [0.717, 1.165) is 0 Å². The van der Waals surface area contributed by atoms with Crippen LogP contribution in [0.1, 0.15) is 13.8 Å². The molecule has 0 saturated heterocycles. The van der Waals surface area contributed by atoms with Crippen molar-refractivity contribution in [2.75, 3.05) is 5.32 Å². The lowest BCUT2D eigenvalue weighted by Gasteiger charge is -2.15. The summed E-state index contributed by atoms with van der Waals surface area (Å²) in [5, 5.41) is 2.66. The van der Waals surface area contributed by atoms with Crippen molar-refractivity contribution in [3.63, 3.8) is 0 Å². The summed E-state index contributed by atoms with van der Waals surface area (Å²) in [4.78, 5) is 11.5. The summed E-state index contributed by atoms with van der Waals surface area (Å²) < 4.78 is 11.9.